The van der Waals surface area contributed by atoms with Crippen LogP contribution in [0.4, 0.5) is 0 Å². The number of carbonyl (C=O) groups excluding carboxylic acids is 2. The van der Waals surface area contributed by atoms with Gasteiger partial charge in [-0.15, -0.1) is 5.10 Å². The third-order valence-electron chi connectivity index (χ3n) is 10.6. The van der Waals surface area contributed by atoms with Gasteiger partial charge < -0.3 is 5.11 Å². The van der Waals surface area contributed by atoms with Crippen LogP contribution < -0.4 is 0 Å². The zero-order valence-corrected chi connectivity index (χ0v) is 20.1. The van der Waals surface area contributed by atoms with Gasteiger partial charge in [-0.2, -0.15) is 0 Å². The van der Waals surface area contributed by atoms with Crippen LogP contribution in [0.25, 0.3) is 0 Å². The van der Waals surface area contributed by atoms with Crippen molar-refractivity contribution in [2.45, 2.75) is 97.6 Å². The first-order valence-corrected chi connectivity index (χ1v) is 12.7. The summed E-state index contributed by atoms with van der Waals surface area (Å²) in [6, 6.07) is 0. The molecule has 4 fully saturated rings. The molecule has 1 heterocycles. The SMILES string of the molecule is CC(=O)c1cn(CC(=O)[C@H]2CC[C@H]3[C@@H]4CC[C@@H]5C[C@](C)(O)CC[C@]5(C)[C@H]4CC[C@]23C)nn1. The van der Waals surface area contributed by atoms with Crippen molar-refractivity contribution in [3.63, 3.8) is 0 Å². The number of hydrogen-bond acceptors (Lipinski definition) is 5. The van der Waals surface area contributed by atoms with E-state index in [-0.39, 0.29) is 29.4 Å². The molecular weight excluding hydrogens is 402 g/mol. The van der Waals surface area contributed by atoms with Gasteiger partial charge in [0.1, 0.15) is 12.2 Å². The normalized spacial score (nSPS) is 45.6. The van der Waals surface area contributed by atoms with E-state index in [0.29, 0.717) is 28.9 Å². The minimum absolute atomic E-state index is 0.0750. The van der Waals surface area contributed by atoms with Crippen molar-refractivity contribution in [3.8, 4) is 0 Å². The first kappa shape index (κ1) is 22.2. The Kier molecular flexibility index (Phi) is 5.20. The highest BCUT2D eigenvalue weighted by molar-refractivity contribution is 5.91. The van der Waals surface area contributed by atoms with Gasteiger partial charge in [0.15, 0.2) is 11.6 Å². The summed E-state index contributed by atoms with van der Waals surface area (Å²) in [5.74, 6) is 2.92. The molecule has 0 saturated heterocycles. The van der Waals surface area contributed by atoms with E-state index in [1.807, 2.05) is 6.92 Å². The molecule has 176 valence electrons. The second kappa shape index (κ2) is 7.48. The van der Waals surface area contributed by atoms with Crippen molar-refractivity contribution in [2.75, 3.05) is 0 Å². The Labute approximate surface area is 191 Å². The summed E-state index contributed by atoms with van der Waals surface area (Å²) in [4.78, 5) is 24.9. The third kappa shape index (κ3) is 3.39. The molecule has 0 aromatic carbocycles. The number of fused-ring (bicyclic) bond motifs is 5. The Morgan fingerprint density at radius 1 is 1.03 bits per heavy atom. The monoisotopic (exact) mass is 441 g/mol. The molecule has 0 radical (unpaired) electrons. The number of nitrogens with zero attached hydrogens (tertiary/aromatic N) is 3. The van der Waals surface area contributed by atoms with Crippen LogP contribution >= 0.6 is 0 Å². The first-order valence-electron chi connectivity index (χ1n) is 12.7. The lowest BCUT2D eigenvalue weighted by Gasteiger charge is -2.61. The molecule has 0 bridgehead atoms. The summed E-state index contributed by atoms with van der Waals surface area (Å²) in [5.41, 5.74) is 0.254. The Bertz CT molecular complexity index is 923. The Balaban J connectivity index is 1.32. The van der Waals surface area contributed by atoms with Crippen molar-refractivity contribution >= 4 is 11.6 Å². The second-order valence-corrected chi connectivity index (χ2v) is 12.4. The van der Waals surface area contributed by atoms with Crippen molar-refractivity contribution in [1.29, 1.82) is 0 Å². The Morgan fingerprint density at radius 3 is 2.50 bits per heavy atom. The summed E-state index contributed by atoms with van der Waals surface area (Å²) in [6.45, 7) is 8.61. The summed E-state index contributed by atoms with van der Waals surface area (Å²) in [7, 11) is 0. The minimum Gasteiger partial charge on any atom is -0.390 e. The summed E-state index contributed by atoms with van der Waals surface area (Å²) < 4.78 is 1.54. The molecule has 0 aliphatic heterocycles. The fourth-order valence-corrected chi connectivity index (χ4v) is 8.77. The lowest BCUT2D eigenvalue weighted by Crippen LogP contribution is -2.55. The molecule has 0 amide bonds. The van der Waals surface area contributed by atoms with Gasteiger partial charge in [0.05, 0.1) is 11.8 Å². The third-order valence-corrected chi connectivity index (χ3v) is 10.6. The van der Waals surface area contributed by atoms with E-state index in [1.165, 1.54) is 26.2 Å². The predicted octanol–water partition coefficient (Wildman–Crippen LogP) is 4.46. The van der Waals surface area contributed by atoms with Crippen molar-refractivity contribution < 1.29 is 14.7 Å². The highest BCUT2D eigenvalue weighted by Gasteiger charge is 2.61. The lowest BCUT2D eigenvalue weighted by molar-refractivity contribution is -0.151. The molecule has 4 aliphatic rings. The van der Waals surface area contributed by atoms with Gasteiger partial charge in [0, 0.05) is 12.8 Å². The van der Waals surface area contributed by atoms with E-state index >= 15 is 0 Å². The van der Waals surface area contributed by atoms with Crippen LogP contribution in [0.1, 0.15) is 96.0 Å². The van der Waals surface area contributed by atoms with Crippen LogP contribution in [0.5, 0.6) is 0 Å². The molecule has 6 heteroatoms. The number of aliphatic hydroxyl groups is 1. The zero-order valence-electron chi connectivity index (χ0n) is 20.1. The van der Waals surface area contributed by atoms with Gasteiger partial charge in [-0.05, 0) is 99.2 Å². The quantitative estimate of drug-likeness (QED) is 0.697. The van der Waals surface area contributed by atoms with Crippen molar-refractivity contribution in [3.05, 3.63) is 11.9 Å². The minimum atomic E-state index is -0.491. The molecule has 1 aromatic heterocycles. The lowest BCUT2D eigenvalue weighted by atomic mass is 9.44. The van der Waals surface area contributed by atoms with Gasteiger partial charge in [-0.1, -0.05) is 19.1 Å². The molecule has 4 aliphatic carbocycles. The van der Waals surface area contributed by atoms with Gasteiger partial charge in [0.2, 0.25) is 0 Å². The average Bonchev–Trinajstić information content (AvgIpc) is 3.32. The van der Waals surface area contributed by atoms with E-state index in [9.17, 15) is 14.7 Å². The van der Waals surface area contributed by atoms with Crippen LogP contribution in [-0.4, -0.2) is 37.3 Å². The number of carbonyl (C=O) groups is 2. The summed E-state index contributed by atoms with van der Waals surface area (Å²) in [6.07, 6.45) is 11.6. The van der Waals surface area contributed by atoms with E-state index in [1.54, 1.807) is 10.9 Å². The number of hydrogen-bond donors (Lipinski definition) is 1. The molecule has 5 rings (SSSR count). The van der Waals surface area contributed by atoms with Crippen molar-refractivity contribution in [2.24, 2.45) is 40.4 Å². The van der Waals surface area contributed by atoms with E-state index in [4.69, 9.17) is 0 Å². The van der Waals surface area contributed by atoms with Crippen LogP contribution in [0, 0.1) is 40.4 Å². The van der Waals surface area contributed by atoms with Crippen LogP contribution in [0.3, 0.4) is 0 Å². The van der Waals surface area contributed by atoms with E-state index in [2.05, 4.69) is 24.2 Å². The van der Waals surface area contributed by atoms with E-state index in [0.717, 1.165) is 44.4 Å². The molecule has 0 unspecified atom stereocenters. The van der Waals surface area contributed by atoms with Crippen LogP contribution in [0.15, 0.2) is 6.20 Å². The maximum absolute atomic E-state index is 13.4. The molecule has 4 saturated carbocycles. The van der Waals surface area contributed by atoms with Crippen LogP contribution in [-0.2, 0) is 11.3 Å². The number of Topliss-reactive ketones (excluding diaryl/α,β-unsaturated/α-hetero) is 2. The fourth-order valence-electron chi connectivity index (χ4n) is 8.77. The van der Waals surface area contributed by atoms with E-state index < -0.39 is 5.60 Å². The highest BCUT2D eigenvalue weighted by atomic mass is 16.3. The summed E-state index contributed by atoms with van der Waals surface area (Å²) in [5, 5.41) is 18.6. The zero-order chi connectivity index (χ0) is 22.9. The van der Waals surface area contributed by atoms with Crippen molar-refractivity contribution in [1.82, 2.24) is 15.0 Å². The molecule has 0 spiro atoms. The second-order valence-electron chi connectivity index (χ2n) is 12.4. The standard InChI is InChI=1S/C26H39N3O3/c1-16(30)22-14-29(28-27-22)15-23(31)21-8-7-19-18-6-5-17-13-24(2,32)11-12-25(17,3)20(18)9-10-26(19,21)4/h14,17-21,32H,5-13,15H2,1-4H3/t17-,18+,19+,20+,21-,24-,25+,26+/m1/s1. The molecule has 6 nitrogen and oxygen atoms in total. The number of aromatic nitrogens is 3. The maximum atomic E-state index is 13.4. The highest BCUT2D eigenvalue weighted by Crippen LogP contribution is 2.68. The van der Waals surface area contributed by atoms with Gasteiger partial charge in [-0.25, -0.2) is 4.68 Å². The largest absolute Gasteiger partial charge is 0.390 e. The number of ketones is 2. The first-order chi connectivity index (χ1) is 15.0. The maximum Gasteiger partial charge on any atom is 0.181 e. The Hall–Kier alpha value is -1.56. The molecule has 1 N–H and O–H groups in total. The topological polar surface area (TPSA) is 85.1 Å². The molecule has 1 aromatic rings. The molecular formula is C26H39N3O3. The van der Waals surface area contributed by atoms with Crippen LogP contribution in [0.2, 0.25) is 0 Å². The molecule has 8 atom stereocenters. The number of rotatable bonds is 4. The van der Waals surface area contributed by atoms with Gasteiger partial charge >= 0.3 is 0 Å². The Morgan fingerprint density at radius 2 is 1.78 bits per heavy atom. The fraction of sp³-hybridized carbons (Fsp3) is 0.846. The molecule has 32 heavy (non-hydrogen) atoms. The summed E-state index contributed by atoms with van der Waals surface area (Å²) >= 11 is 0. The smallest absolute Gasteiger partial charge is 0.181 e. The van der Waals surface area contributed by atoms with Gasteiger partial charge in [0.25, 0.3) is 0 Å². The predicted molar refractivity (Wildman–Crippen MR) is 121 cm³/mol. The van der Waals surface area contributed by atoms with Gasteiger partial charge in [-0.3, -0.25) is 9.59 Å². The average molecular weight is 442 g/mol.